The Morgan fingerprint density at radius 2 is 1.88 bits per heavy atom. The van der Waals surface area contributed by atoms with Crippen molar-refractivity contribution in [1.29, 1.82) is 0 Å². The third kappa shape index (κ3) is 4.10. The molecule has 17 heavy (non-hydrogen) atoms. The van der Waals surface area contributed by atoms with Gasteiger partial charge in [0.1, 0.15) is 0 Å². The summed E-state index contributed by atoms with van der Waals surface area (Å²) in [5.74, 6) is 0.0494. The van der Waals surface area contributed by atoms with E-state index in [0.29, 0.717) is 12.1 Å². The van der Waals surface area contributed by atoms with Crippen molar-refractivity contribution < 1.29 is 4.79 Å². The molecule has 0 aliphatic heterocycles. The highest BCUT2D eigenvalue weighted by atomic mass is 16.1. The maximum Gasteiger partial charge on any atom is 0.224 e. The van der Waals surface area contributed by atoms with Gasteiger partial charge in [0, 0.05) is 6.42 Å². The standard InChI is InChI=1S/C14H22N2O/c1-4-5-6-7-14(17)16-13-9-11(3)10(2)8-12(13)15/h8-9H,4-7,15H2,1-3H3,(H,16,17). The summed E-state index contributed by atoms with van der Waals surface area (Å²) in [7, 11) is 0. The molecule has 0 aromatic heterocycles. The molecule has 1 amide bonds. The van der Waals surface area contributed by atoms with Crippen LogP contribution >= 0.6 is 0 Å². The Kier molecular flexibility index (Phi) is 5.01. The number of rotatable bonds is 5. The van der Waals surface area contributed by atoms with Crippen LogP contribution in [0.4, 0.5) is 11.4 Å². The van der Waals surface area contributed by atoms with Crippen LogP contribution in [0.15, 0.2) is 12.1 Å². The highest BCUT2D eigenvalue weighted by Crippen LogP contribution is 2.23. The number of aryl methyl sites for hydroxylation is 2. The van der Waals surface area contributed by atoms with E-state index >= 15 is 0 Å². The van der Waals surface area contributed by atoms with Crippen molar-refractivity contribution in [3.8, 4) is 0 Å². The van der Waals surface area contributed by atoms with Gasteiger partial charge in [0.25, 0.3) is 0 Å². The number of unbranched alkanes of at least 4 members (excludes halogenated alkanes) is 2. The van der Waals surface area contributed by atoms with Gasteiger partial charge in [0.05, 0.1) is 11.4 Å². The Balaban J connectivity index is 2.62. The molecular formula is C14H22N2O. The van der Waals surface area contributed by atoms with Crippen molar-refractivity contribution in [2.45, 2.75) is 46.5 Å². The van der Waals surface area contributed by atoms with Gasteiger partial charge in [-0.3, -0.25) is 4.79 Å². The Hall–Kier alpha value is -1.51. The zero-order valence-electron chi connectivity index (χ0n) is 11.0. The summed E-state index contributed by atoms with van der Waals surface area (Å²) in [5.41, 5.74) is 9.53. The van der Waals surface area contributed by atoms with Gasteiger partial charge in [0.2, 0.25) is 5.91 Å². The fourth-order valence-electron chi connectivity index (χ4n) is 1.70. The minimum absolute atomic E-state index is 0.0494. The molecule has 0 radical (unpaired) electrons. The molecule has 94 valence electrons. The Bertz CT molecular complexity index is 399. The Morgan fingerprint density at radius 3 is 2.53 bits per heavy atom. The third-order valence-electron chi connectivity index (χ3n) is 2.95. The second-order valence-electron chi connectivity index (χ2n) is 4.53. The predicted molar refractivity (Wildman–Crippen MR) is 73.1 cm³/mol. The summed E-state index contributed by atoms with van der Waals surface area (Å²) in [5, 5.41) is 2.87. The van der Waals surface area contributed by atoms with Crippen LogP contribution in [0.1, 0.15) is 43.7 Å². The average Bonchev–Trinajstić information content (AvgIpc) is 2.26. The second kappa shape index (κ2) is 6.28. The van der Waals surface area contributed by atoms with E-state index in [1.165, 1.54) is 0 Å². The van der Waals surface area contributed by atoms with E-state index in [2.05, 4.69) is 12.2 Å². The second-order valence-corrected chi connectivity index (χ2v) is 4.53. The fourth-order valence-corrected chi connectivity index (χ4v) is 1.70. The lowest BCUT2D eigenvalue weighted by atomic mass is 10.1. The molecule has 0 unspecified atom stereocenters. The van der Waals surface area contributed by atoms with Crippen LogP contribution in [0.3, 0.4) is 0 Å². The molecule has 0 saturated carbocycles. The molecule has 0 atom stereocenters. The molecule has 0 heterocycles. The summed E-state index contributed by atoms with van der Waals surface area (Å²) in [6.45, 7) is 6.15. The number of carbonyl (C=O) groups excluding carboxylic acids is 1. The van der Waals surface area contributed by atoms with Gasteiger partial charge in [-0.15, -0.1) is 0 Å². The zero-order chi connectivity index (χ0) is 12.8. The highest BCUT2D eigenvalue weighted by molar-refractivity contribution is 5.94. The van der Waals surface area contributed by atoms with Crippen molar-refractivity contribution in [1.82, 2.24) is 0 Å². The third-order valence-corrected chi connectivity index (χ3v) is 2.95. The molecule has 1 rings (SSSR count). The topological polar surface area (TPSA) is 55.1 Å². The number of hydrogen-bond acceptors (Lipinski definition) is 2. The number of nitrogen functional groups attached to an aromatic ring is 1. The van der Waals surface area contributed by atoms with Crippen LogP contribution in [0.25, 0.3) is 0 Å². The molecule has 0 aliphatic rings. The van der Waals surface area contributed by atoms with Crippen LogP contribution in [0, 0.1) is 13.8 Å². The maximum atomic E-state index is 11.7. The molecule has 0 spiro atoms. The Morgan fingerprint density at radius 1 is 1.24 bits per heavy atom. The van der Waals surface area contributed by atoms with Gasteiger partial charge in [-0.25, -0.2) is 0 Å². The number of amides is 1. The number of carbonyl (C=O) groups is 1. The van der Waals surface area contributed by atoms with Crippen LogP contribution in [0.2, 0.25) is 0 Å². The fraction of sp³-hybridized carbons (Fsp3) is 0.500. The summed E-state index contributed by atoms with van der Waals surface area (Å²) < 4.78 is 0. The van der Waals surface area contributed by atoms with Crippen molar-refractivity contribution >= 4 is 17.3 Å². The SMILES string of the molecule is CCCCCC(=O)Nc1cc(C)c(C)cc1N. The lowest BCUT2D eigenvalue weighted by Crippen LogP contribution is -2.12. The van der Waals surface area contributed by atoms with Crippen molar-refractivity contribution in [2.24, 2.45) is 0 Å². The van der Waals surface area contributed by atoms with E-state index in [9.17, 15) is 4.79 Å². The quantitative estimate of drug-likeness (QED) is 0.606. The van der Waals surface area contributed by atoms with E-state index in [1.54, 1.807) is 0 Å². The molecule has 0 aliphatic carbocycles. The smallest absolute Gasteiger partial charge is 0.224 e. The van der Waals surface area contributed by atoms with Gasteiger partial charge in [0.15, 0.2) is 0 Å². The number of anilines is 2. The van der Waals surface area contributed by atoms with Crippen LogP contribution < -0.4 is 11.1 Å². The first-order valence-corrected chi connectivity index (χ1v) is 6.21. The van der Waals surface area contributed by atoms with Crippen molar-refractivity contribution in [3.63, 3.8) is 0 Å². The van der Waals surface area contributed by atoms with Crippen LogP contribution in [-0.2, 0) is 4.79 Å². The lowest BCUT2D eigenvalue weighted by Gasteiger charge is -2.11. The van der Waals surface area contributed by atoms with Gasteiger partial charge < -0.3 is 11.1 Å². The maximum absolute atomic E-state index is 11.7. The molecule has 1 aromatic rings. The Labute approximate surface area is 103 Å². The molecule has 0 saturated heterocycles. The first-order valence-electron chi connectivity index (χ1n) is 6.21. The average molecular weight is 234 g/mol. The van der Waals surface area contributed by atoms with Crippen molar-refractivity contribution in [3.05, 3.63) is 23.3 Å². The van der Waals surface area contributed by atoms with E-state index < -0.39 is 0 Å². The minimum atomic E-state index is 0.0494. The van der Waals surface area contributed by atoms with Gasteiger partial charge in [-0.1, -0.05) is 19.8 Å². The minimum Gasteiger partial charge on any atom is -0.397 e. The summed E-state index contributed by atoms with van der Waals surface area (Å²) in [6.07, 6.45) is 3.72. The number of benzene rings is 1. The molecule has 3 N–H and O–H groups in total. The molecule has 3 nitrogen and oxygen atoms in total. The van der Waals surface area contributed by atoms with Crippen LogP contribution in [-0.4, -0.2) is 5.91 Å². The van der Waals surface area contributed by atoms with E-state index in [4.69, 9.17) is 5.73 Å². The lowest BCUT2D eigenvalue weighted by molar-refractivity contribution is -0.116. The van der Waals surface area contributed by atoms with Gasteiger partial charge >= 0.3 is 0 Å². The normalized spacial score (nSPS) is 10.3. The number of nitrogens with one attached hydrogen (secondary N) is 1. The van der Waals surface area contributed by atoms with E-state index in [1.807, 2.05) is 26.0 Å². The molecule has 1 aromatic carbocycles. The summed E-state index contributed by atoms with van der Waals surface area (Å²) in [4.78, 5) is 11.7. The predicted octanol–water partition coefficient (Wildman–Crippen LogP) is 3.40. The van der Waals surface area contributed by atoms with E-state index in [0.717, 1.165) is 36.1 Å². The molecule has 0 fully saturated rings. The molecule has 0 bridgehead atoms. The molecular weight excluding hydrogens is 212 g/mol. The van der Waals surface area contributed by atoms with Crippen molar-refractivity contribution in [2.75, 3.05) is 11.1 Å². The highest BCUT2D eigenvalue weighted by Gasteiger charge is 2.06. The largest absolute Gasteiger partial charge is 0.397 e. The van der Waals surface area contributed by atoms with Gasteiger partial charge in [-0.2, -0.15) is 0 Å². The number of hydrogen-bond donors (Lipinski definition) is 2. The summed E-state index contributed by atoms with van der Waals surface area (Å²) >= 11 is 0. The first kappa shape index (κ1) is 13.6. The van der Waals surface area contributed by atoms with E-state index in [-0.39, 0.29) is 5.91 Å². The first-order chi connectivity index (χ1) is 8.04. The van der Waals surface area contributed by atoms with Crippen LogP contribution in [0.5, 0.6) is 0 Å². The summed E-state index contributed by atoms with van der Waals surface area (Å²) in [6, 6.07) is 3.83. The molecule has 3 heteroatoms. The number of nitrogens with two attached hydrogens (primary N) is 1. The zero-order valence-corrected chi connectivity index (χ0v) is 11.0. The van der Waals surface area contributed by atoms with Gasteiger partial charge in [-0.05, 0) is 43.5 Å². The monoisotopic (exact) mass is 234 g/mol.